The first-order chi connectivity index (χ1) is 15.7. The Morgan fingerprint density at radius 2 is 1.70 bits per heavy atom. The fourth-order valence-electron chi connectivity index (χ4n) is 3.15. The molecule has 1 heterocycles. The van der Waals surface area contributed by atoms with Crippen molar-refractivity contribution in [3.05, 3.63) is 87.5 Å². The summed E-state index contributed by atoms with van der Waals surface area (Å²) in [5, 5.41) is 4.62. The minimum absolute atomic E-state index is 0.00589. The number of nitrogens with zero attached hydrogens (tertiary/aromatic N) is 2. The Kier molecular flexibility index (Phi) is 7.23. The van der Waals surface area contributed by atoms with Crippen molar-refractivity contribution in [3.63, 3.8) is 0 Å². The third-order valence-corrected chi connectivity index (χ3v) is 8.35. The molecule has 4 rings (SSSR count). The normalized spacial score (nSPS) is 11.8. The third-order valence-electron chi connectivity index (χ3n) is 4.80. The SMILES string of the molecule is O=C(CN(Cc1c(Cl)cccc1Cl)S(=O)(=O)c1ccc(Cl)cc1)Nc1ccc2sncc2c1. The molecule has 0 aliphatic heterocycles. The zero-order valence-corrected chi connectivity index (χ0v) is 20.7. The molecule has 0 fully saturated rings. The molecular weight excluding hydrogens is 525 g/mol. The number of halogens is 3. The number of fused-ring (bicyclic) bond motifs is 1. The first kappa shape index (κ1) is 23.9. The van der Waals surface area contributed by atoms with Crippen LogP contribution in [0.25, 0.3) is 10.1 Å². The predicted molar refractivity (Wildman–Crippen MR) is 134 cm³/mol. The number of amides is 1. The van der Waals surface area contributed by atoms with Crippen molar-refractivity contribution in [2.75, 3.05) is 11.9 Å². The minimum Gasteiger partial charge on any atom is -0.325 e. The second kappa shape index (κ2) is 9.97. The van der Waals surface area contributed by atoms with Crippen LogP contribution in [0.5, 0.6) is 0 Å². The second-order valence-electron chi connectivity index (χ2n) is 7.05. The van der Waals surface area contributed by atoms with Crippen molar-refractivity contribution >= 4 is 78.0 Å². The summed E-state index contributed by atoms with van der Waals surface area (Å²) in [6.45, 7) is -0.642. The molecule has 1 N–H and O–H groups in total. The van der Waals surface area contributed by atoms with E-state index >= 15 is 0 Å². The van der Waals surface area contributed by atoms with Crippen molar-refractivity contribution in [2.45, 2.75) is 11.4 Å². The molecule has 0 bridgehead atoms. The van der Waals surface area contributed by atoms with E-state index in [0.717, 1.165) is 14.4 Å². The van der Waals surface area contributed by atoms with Gasteiger partial charge in [-0.3, -0.25) is 4.79 Å². The zero-order chi connectivity index (χ0) is 23.6. The molecule has 0 aliphatic carbocycles. The average Bonchev–Trinajstić information content (AvgIpc) is 3.23. The van der Waals surface area contributed by atoms with Gasteiger partial charge in [0.15, 0.2) is 0 Å². The Balaban J connectivity index is 1.64. The van der Waals surface area contributed by atoms with Gasteiger partial charge in [-0.25, -0.2) is 8.42 Å². The first-order valence-corrected chi connectivity index (χ1v) is 12.9. The van der Waals surface area contributed by atoms with Gasteiger partial charge in [0.25, 0.3) is 0 Å². The van der Waals surface area contributed by atoms with Crippen LogP contribution in [-0.4, -0.2) is 29.5 Å². The van der Waals surface area contributed by atoms with Gasteiger partial charge < -0.3 is 5.32 Å². The van der Waals surface area contributed by atoms with Crippen molar-refractivity contribution in [2.24, 2.45) is 0 Å². The van der Waals surface area contributed by atoms with E-state index in [1.165, 1.54) is 35.8 Å². The van der Waals surface area contributed by atoms with E-state index in [9.17, 15) is 13.2 Å². The standard InChI is InChI=1S/C22H16Cl3N3O3S2/c23-15-4-7-17(8-5-15)33(30,31)28(12-18-19(24)2-1-3-20(18)25)13-22(29)27-16-6-9-21-14(10-16)11-26-32-21/h1-11H,12-13H2,(H,27,29). The second-order valence-corrected chi connectivity index (χ2v) is 11.1. The van der Waals surface area contributed by atoms with Crippen LogP contribution in [0.4, 0.5) is 5.69 Å². The number of rotatable bonds is 7. The quantitative estimate of drug-likeness (QED) is 0.308. The number of carbonyl (C=O) groups is 1. The Hall–Kier alpha value is -2.20. The number of sulfonamides is 1. The molecule has 0 saturated heterocycles. The van der Waals surface area contributed by atoms with Gasteiger partial charge in [-0.05, 0) is 66.1 Å². The molecule has 0 spiro atoms. The summed E-state index contributed by atoms with van der Waals surface area (Å²) in [7, 11) is -4.07. The molecule has 0 saturated carbocycles. The monoisotopic (exact) mass is 539 g/mol. The van der Waals surface area contributed by atoms with E-state index in [4.69, 9.17) is 34.8 Å². The molecule has 1 aromatic heterocycles. The molecule has 4 aromatic rings. The summed E-state index contributed by atoms with van der Waals surface area (Å²) in [6.07, 6.45) is 1.70. The molecule has 3 aromatic carbocycles. The van der Waals surface area contributed by atoms with Crippen LogP contribution in [-0.2, 0) is 21.4 Å². The number of carbonyl (C=O) groups excluding carboxylic acids is 1. The van der Waals surface area contributed by atoms with E-state index in [-0.39, 0.29) is 11.4 Å². The van der Waals surface area contributed by atoms with Crippen molar-refractivity contribution in [1.29, 1.82) is 0 Å². The molecular formula is C22H16Cl3N3O3S2. The molecule has 0 unspecified atom stereocenters. The molecule has 0 radical (unpaired) electrons. The third kappa shape index (κ3) is 5.48. The lowest BCUT2D eigenvalue weighted by Crippen LogP contribution is -2.37. The van der Waals surface area contributed by atoms with Crippen molar-refractivity contribution < 1.29 is 13.2 Å². The first-order valence-electron chi connectivity index (χ1n) is 9.57. The summed E-state index contributed by atoms with van der Waals surface area (Å²) in [5.41, 5.74) is 0.934. The van der Waals surface area contributed by atoms with Gasteiger partial charge >= 0.3 is 0 Å². The summed E-state index contributed by atoms with van der Waals surface area (Å²) in [4.78, 5) is 12.9. The fourth-order valence-corrected chi connectivity index (χ4v) is 5.79. The Morgan fingerprint density at radius 1 is 1.00 bits per heavy atom. The predicted octanol–water partition coefficient (Wildman–Crippen LogP) is 6.09. The summed E-state index contributed by atoms with van der Waals surface area (Å²) >= 11 is 19.8. The van der Waals surface area contributed by atoms with E-state index in [0.29, 0.717) is 26.3 Å². The maximum Gasteiger partial charge on any atom is 0.243 e. The number of nitrogens with one attached hydrogen (secondary N) is 1. The molecule has 1 amide bonds. The van der Waals surface area contributed by atoms with Gasteiger partial charge in [0.2, 0.25) is 15.9 Å². The van der Waals surface area contributed by atoms with Crippen LogP contribution in [0.1, 0.15) is 5.56 Å². The molecule has 0 atom stereocenters. The lowest BCUT2D eigenvalue weighted by atomic mass is 10.2. The lowest BCUT2D eigenvalue weighted by Gasteiger charge is -2.23. The largest absolute Gasteiger partial charge is 0.325 e. The van der Waals surface area contributed by atoms with E-state index in [2.05, 4.69) is 9.69 Å². The zero-order valence-electron chi connectivity index (χ0n) is 16.8. The van der Waals surface area contributed by atoms with Crippen LogP contribution in [0.15, 0.2) is 71.8 Å². The Morgan fingerprint density at radius 3 is 2.39 bits per heavy atom. The molecule has 11 heteroatoms. The summed E-state index contributed by atoms with van der Waals surface area (Å²) in [5.74, 6) is -0.516. The van der Waals surface area contributed by atoms with E-state index in [1.807, 2.05) is 6.07 Å². The highest BCUT2D eigenvalue weighted by Crippen LogP contribution is 2.29. The molecule has 6 nitrogen and oxygen atoms in total. The van der Waals surface area contributed by atoms with E-state index in [1.54, 1.807) is 36.5 Å². The minimum atomic E-state index is -4.07. The van der Waals surface area contributed by atoms with Gasteiger partial charge in [0, 0.05) is 44.4 Å². The number of hydrogen-bond acceptors (Lipinski definition) is 5. The number of benzene rings is 3. The highest BCUT2D eigenvalue weighted by Gasteiger charge is 2.28. The van der Waals surface area contributed by atoms with Crippen LogP contribution < -0.4 is 5.32 Å². The fraction of sp³-hybridized carbons (Fsp3) is 0.0909. The van der Waals surface area contributed by atoms with Crippen LogP contribution in [0.2, 0.25) is 15.1 Å². The van der Waals surface area contributed by atoms with Crippen molar-refractivity contribution in [3.8, 4) is 0 Å². The molecule has 170 valence electrons. The topological polar surface area (TPSA) is 79.4 Å². The van der Waals surface area contributed by atoms with Gasteiger partial charge in [-0.15, -0.1) is 0 Å². The van der Waals surface area contributed by atoms with Crippen LogP contribution in [0, 0.1) is 0 Å². The summed E-state index contributed by atoms with van der Waals surface area (Å²) in [6, 6.07) is 15.9. The smallest absolute Gasteiger partial charge is 0.243 e. The Bertz CT molecular complexity index is 1400. The van der Waals surface area contributed by atoms with Crippen LogP contribution in [0.3, 0.4) is 0 Å². The van der Waals surface area contributed by atoms with Gasteiger partial charge in [-0.1, -0.05) is 40.9 Å². The van der Waals surface area contributed by atoms with Gasteiger partial charge in [0.05, 0.1) is 16.1 Å². The highest BCUT2D eigenvalue weighted by atomic mass is 35.5. The molecule has 0 aliphatic rings. The average molecular weight is 541 g/mol. The van der Waals surface area contributed by atoms with Crippen LogP contribution >= 0.6 is 46.3 Å². The Labute approximate surface area is 209 Å². The highest BCUT2D eigenvalue weighted by molar-refractivity contribution is 7.89. The number of hydrogen-bond donors (Lipinski definition) is 1. The maximum absolute atomic E-state index is 13.4. The number of anilines is 1. The molecule has 33 heavy (non-hydrogen) atoms. The summed E-state index contributed by atoms with van der Waals surface area (Å²) < 4.78 is 32.9. The van der Waals surface area contributed by atoms with Gasteiger partial charge in [0.1, 0.15) is 0 Å². The van der Waals surface area contributed by atoms with Crippen molar-refractivity contribution in [1.82, 2.24) is 8.68 Å². The number of aromatic nitrogens is 1. The van der Waals surface area contributed by atoms with E-state index < -0.39 is 22.5 Å². The maximum atomic E-state index is 13.4. The van der Waals surface area contributed by atoms with Gasteiger partial charge in [-0.2, -0.15) is 8.68 Å². The lowest BCUT2D eigenvalue weighted by molar-refractivity contribution is -0.116.